The molecule has 0 radical (unpaired) electrons. The van der Waals surface area contributed by atoms with Gasteiger partial charge in [0.25, 0.3) is 0 Å². The lowest BCUT2D eigenvalue weighted by Crippen LogP contribution is -2.28. The fraction of sp³-hybridized carbons (Fsp3) is 0.368. The number of anilines is 1. The first-order valence-electron chi connectivity index (χ1n) is 8.61. The standard InChI is InChI=1S/C19H22N4O2/c1-13-17(14(2)25-22-13)12-24-16-7-5-15(6-8-16)11-23-9-3-4-18-19(23)10-20-21-18/h5-8,10H,3-4,9,11-12H2,1-2H3,(H,20,21). The van der Waals surface area contributed by atoms with Crippen molar-refractivity contribution in [1.82, 2.24) is 15.4 Å². The summed E-state index contributed by atoms with van der Waals surface area (Å²) in [5, 5.41) is 11.2. The van der Waals surface area contributed by atoms with Crippen molar-refractivity contribution < 1.29 is 9.26 Å². The second kappa shape index (κ2) is 6.63. The second-order valence-corrected chi connectivity index (χ2v) is 6.49. The van der Waals surface area contributed by atoms with Crippen LogP contribution in [0.3, 0.4) is 0 Å². The molecule has 3 heterocycles. The van der Waals surface area contributed by atoms with Gasteiger partial charge in [-0.2, -0.15) is 5.10 Å². The van der Waals surface area contributed by atoms with Crippen LogP contribution in [0, 0.1) is 13.8 Å². The minimum atomic E-state index is 0.477. The monoisotopic (exact) mass is 338 g/mol. The van der Waals surface area contributed by atoms with E-state index in [2.05, 4.69) is 32.4 Å². The molecule has 25 heavy (non-hydrogen) atoms. The Bertz CT molecular complexity index is 831. The van der Waals surface area contributed by atoms with Gasteiger partial charge in [-0.25, -0.2) is 0 Å². The van der Waals surface area contributed by atoms with Crippen LogP contribution in [0.1, 0.15) is 34.7 Å². The van der Waals surface area contributed by atoms with E-state index in [1.807, 2.05) is 32.2 Å². The van der Waals surface area contributed by atoms with E-state index in [9.17, 15) is 0 Å². The number of aryl methyl sites for hydroxylation is 3. The lowest BCUT2D eigenvalue weighted by molar-refractivity contribution is 0.301. The maximum atomic E-state index is 5.87. The quantitative estimate of drug-likeness (QED) is 0.770. The largest absolute Gasteiger partial charge is 0.489 e. The normalized spacial score (nSPS) is 13.8. The Balaban J connectivity index is 1.40. The summed E-state index contributed by atoms with van der Waals surface area (Å²) >= 11 is 0. The molecule has 0 aliphatic carbocycles. The zero-order chi connectivity index (χ0) is 17.2. The summed E-state index contributed by atoms with van der Waals surface area (Å²) in [7, 11) is 0. The highest BCUT2D eigenvalue weighted by atomic mass is 16.5. The number of H-pyrrole nitrogens is 1. The van der Waals surface area contributed by atoms with Crippen molar-refractivity contribution in [3.8, 4) is 5.75 Å². The van der Waals surface area contributed by atoms with Crippen molar-refractivity contribution in [3.63, 3.8) is 0 Å². The molecular formula is C19H22N4O2. The number of hydrogen-bond donors (Lipinski definition) is 1. The highest BCUT2D eigenvalue weighted by molar-refractivity contribution is 5.51. The van der Waals surface area contributed by atoms with E-state index < -0.39 is 0 Å². The molecule has 1 N–H and O–H groups in total. The Morgan fingerprint density at radius 3 is 2.84 bits per heavy atom. The minimum absolute atomic E-state index is 0.477. The van der Waals surface area contributed by atoms with Crippen LogP contribution >= 0.6 is 0 Å². The van der Waals surface area contributed by atoms with Crippen molar-refractivity contribution in [2.24, 2.45) is 0 Å². The first-order chi connectivity index (χ1) is 12.2. The van der Waals surface area contributed by atoms with Gasteiger partial charge in [-0.15, -0.1) is 0 Å². The van der Waals surface area contributed by atoms with Crippen LogP contribution < -0.4 is 9.64 Å². The van der Waals surface area contributed by atoms with Gasteiger partial charge in [-0.1, -0.05) is 17.3 Å². The molecular weight excluding hydrogens is 316 g/mol. The fourth-order valence-electron chi connectivity index (χ4n) is 3.27. The molecule has 0 bridgehead atoms. The zero-order valence-electron chi connectivity index (χ0n) is 14.6. The van der Waals surface area contributed by atoms with E-state index in [-0.39, 0.29) is 0 Å². The van der Waals surface area contributed by atoms with Gasteiger partial charge in [0.15, 0.2) is 0 Å². The summed E-state index contributed by atoms with van der Waals surface area (Å²) in [6.45, 7) is 6.27. The number of ether oxygens (including phenoxy) is 1. The average Bonchev–Trinajstić information content (AvgIpc) is 3.22. The average molecular weight is 338 g/mol. The molecule has 6 heteroatoms. The topological polar surface area (TPSA) is 67.2 Å². The van der Waals surface area contributed by atoms with Gasteiger partial charge in [-0.05, 0) is 44.4 Å². The van der Waals surface area contributed by atoms with Crippen molar-refractivity contribution in [3.05, 3.63) is 58.7 Å². The van der Waals surface area contributed by atoms with Crippen LogP contribution in [-0.2, 0) is 19.6 Å². The van der Waals surface area contributed by atoms with E-state index in [0.717, 1.165) is 48.7 Å². The first-order valence-corrected chi connectivity index (χ1v) is 8.61. The number of aromatic amines is 1. The summed E-state index contributed by atoms with van der Waals surface area (Å²) < 4.78 is 11.0. The maximum Gasteiger partial charge on any atom is 0.140 e. The number of benzene rings is 1. The Hall–Kier alpha value is -2.76. The molecule has 1 aliphatic rings. The number of hydrogen-bond acceptors (Lipinski definition) is 5. The third-order valence-electron chi connectivity index (χ3n) is 4.75. The maximum absolute atomic E-state index is 5.87. The van der Waals surface area contributed by atoms with Gasteiger partial charge in [0.2, 0.25) is 0 Å². The van der Waals surface area contributed by atoms with Crippen LogP contribution in [0.4, 0.5) is 5.69 Å². The fourth-order valence-corrected chi connectivity index (χ4v) is 3.27. The first kappa shape index (κ1) is 15.7. The van der Waals surface area contributed by atoms with Crippen LogP contribution in [0.15, 0.2) is 35.0 Å². The number of nitrogens with zero attached hydrogens (tertiary/aromatic N) is 3. The van der Waals surface area contributed by atoms with Crippen molar-refractivity contribution in [2.75, 3.05) is 11.4 Å². The SMILES string of the molecule is Cc1noc(C)c1COc1ccc(CN2CCCc3[nH]ncc32)cc1. The van der Waals surface area contributed by atoms with Crippen molar-refractivity contribution in [1.29, 1.82) is 0 Å². The van der Waals surface area contributed by atoms with Crippen LogP contribution in [0.2, 0.25) is 0 Å². The minimum Gasteiger partial charge on any atom is -0.489 e. The van der Waals surface area contributed by atoms with Crippen LogP contribution in [0.5, 0.6) is 5.75 Å². The second-order valence-electron chi connectivity index (χ2n) is 6.49. The summed E-state index contributed by atoms with van der Waals surface area (Å²) in [6.07, 6.45) is 4.17. The molecule has 3 aromatic rings. The number of rotatable bonds is 5. The molecule has 0 saturated heterocycles. The highest BCUT2D eigenvalue weighted by Gasteiger charge is 2.18. The van der Waals surface area contributed by atoms with Crippen molar-refractivity contribution in [2.45, 2.75) is 39.8 Å². The van der Waals surface area contributed by atoms with E-state index in [1.54, 1.807) is 0 Å². The highest BCUT2D eigenvalue weighted by Crippen LogP contribution is 2.26. The summed E-state index contributed by atoms with van der Waals surface area (Å²) in [6, 6.07) is 8.29. The van der Waals surface area contributed by atoms with E-state index in [4.69, 9.17) is 9.26 Å². The number of aromatic nitrogens is 3. The van der Waals surface area contributed by atoms with Gasteiger partial charge < -0.3 is 14.2 Å². The molecule has 0 unspecified atom stereocenters. The summed E-state index contributed by atoms with van der Waals surface area (Å²) in [5.74, 6) is 1.67. The Kier molecular flexibility index (Phi) is 4.17. The molecule has 0 fully saturated rings. The molecule has 0 spiro atoms. The number of fused-ring (bicyclic) bond motifs is 1. The summed E-state index contributed by atoms with van der Waals surface area (Å²) in [5.41, 5.74) is 5.63. The molecule has 6 nitrogen and oxygen atoms in total. The smallest absolute Gasteiger partial charge is 0.140 e. The van der Waals surface area contributed by atoms with Gasteiger partial charge in [-0.3, -0.25) is 5.10 Å². The Morgan fingerprint density at radius 2 is 2.08 bits per heavy atom. The molecule has 0 atom stereocenters. The number of nitrogens with one attached hydrogen (secondary N) is 1. The van der Waals surface area contributed by atoms with Crippen molar-refractivity contribution >= 4 is 5.69 Å². The van der Waals surface area contributed by atoms with Crippen LogP contribution in [-0.4, -0.2) is 21.9 Å². The van der Waals surface area contributed by atoms with Crippen LogP contribution in [0.25, 0.3) is 0 Å². The lowest BCUT2D eigenvalue weighted by atomic mass is 10.1. The molecule has 1 aromatic carbocycles. The van der Waals surface area contributed by atoms with Gasteiger partial charge in [0.1, 0.15) is 18.1 Å². The van der Waals surface area contributed by atoms with Gasteiger partial charge >= 0.3 is 0 Å². The molecule has 130 valence electrons. The third-order valence-corrected chi connectivity index (χ3v) is 4.75. The zero-order valence-corrected chi connectivity index (χ0v) is 14.6. The molecule has 4 rings (SSSR count). The van der Waals surface area contributed by atoms with E-state index >= 15 is 0 Å². The molecule has 1 aliphatic heterocycles. The summed E-state index contributed by atoms with van der Waals surface area (Å²) in [4.78, 5) is 2.38. The molecule has 2 aromatic heterocycles. The Morgan fingerprint density at radius 1 is 1.24 bits per heavy atom. The van der Waals surface area contributed by atoms with Gasteiger partial charge in [0.05, 0.1) is 28.8 Å². The molecule has 0 saturated carbocycles. The Labute approximate surface area is 146 Å². The predicted molar refractivity (Wildman–Crippen MR) is 94.7 cm³/mol. The van der Waals surface area contributed by atoms with Gasteiger partial charge in [0, 0.05) is 13.1 Å². The predicted octanol–water partition coefficient (Wildman–Crippen LogP) is 3.55. The lowest BCUT2D eigenvalue weighted by Gasteiger charge is -2.28. The third kappa shape index (κ3) is 3.24. The van der Waals surface area contributed by atoms with E-state index in [0.29, 0.717) is 6.61 Å². The molecule has 0 amide bonds. The van der Waals surface area contributed by atoms with E-state index in [1.165, 1.54) is 16.9 Å².